The van der Waals surface area contributed by atoms with E-state index in [-0.39, 0.29) is 57.8 Å². The molecule has 2 N–H and O–H groups in total. The Kier molecular flexibility index (Phi) is 6.61. The van der Waals surface area contributed by atoms with E-state index in [0.717, 1.165) is 38.1 Å². The number of fused-ring (bicyclic) bond motifs is 3. The van der Waals surface area contributed by atoms with Crippen molar-refractivity contribution in [3.63, 3.8) is 0 Å². The van der Waals surface area contributed by atoms with Crippen LogP contribution in [0.1, 0.15) is 66.7 Å². The van der Waals surface area contributed by atoms with E-state index in [1.165, 1.54) is 0 Å². The molecule has 0 radical (unpaired) electrons. The Hall–Kier alpha value is -1.03. The lowest BCUT2D eigenvalue weighted by atomic mass is 9.42. The number of rotatable bonds is 2. The second kappa shape index (κ2) is 9.25. The van der Waals surface area contributed by atoms with Crippen LogP contribution in [-0.2, 0) is 25.1 Å². The van der Waals surface area contributed by atoms with E-state index in [1.807, 2.05) is 6.26 Å². The second-order valence-corrected chi connectivity index (χ2v) is 15.6. The van der Waals surface area contributed by atoms with Gasteiger partial charge in [-0.3, -0.25) is 14.0 Å². The number of morpholine rings is 1. The molecule has 3 saturated heterocycles. The van der Waals surface area contributed by atoms with E-state index in [4.69, 9.17) is 14.6 Å². The Bertz CT molecular complexity index is 1030. The molecule has 0 aromatic carbocycles. The quantitative estimate of drug-likeness (QED) is 0.549. The second-order valence-electron chi connectivity index (χ2n) is 14.0. The molecule has 1 spiro atoms. The summed E-state index contributed by atoms with van der Waals surface area (Å²) in [5, 5.41) is 21.6. The number of nitrogens with one attached hydrogen (secondary N) is 1. The number of aliphatic hydroxyl groups excluding tert-OH is 1. The summed E-state index contributed by atoms with van der Waals surface area (Å²) in [5.74, 6) is 0.566. The van der Waals surface area contributed by atoms with Gasteiger partial charge in [-0.05, 0) is 56.3 Å². The third-order valence-electron chi connectivity index (χ3n) is 12.0. The fourth-order valence-electron chi connectivity index (χ4n) is 9.80. The zero-order chi connectivity index (χ0) is 27.2. The Morgan fingerprint density at radius 1 is 1.13 bits per heavy atom. The fraction of sp³-hybridized carbons (Fsp3) is 0.931. The summed E-state index contributed by atoms with van der Waals surface area (Å²) in [7, 11) is -1.12. The number of nitrogens with zero attached hydrogens (tertiary/aromatic N) is 2. The van der Waals surface area contributed by atoms with Crippen LogP contribution in [0.2, 0.25) is 0 Å². The summed E-state index contributed by atoms with van der Waals surface area (Å²) < 4.78 is 26.6. The monoisotopic (exact) mass is 549 g/mol. The number of aliphatic hydroxyl groups is 1. The molecular weight excluding hydrogens is 502 g/mol. The van der Waals surface area contributed by atoms with Gasteiger partial charge in [0.25, 0.3) is 0 Å². The third-order valence-corrected chi connectivity index (χ3v) is 13.2. The topological polar surface area (TPSA) is 100 Å². The number of hydrazone groups is 1. The number of carbonyl (C=O) groups is 1. The molecule has 6 fully saturated rings. The minimum atomic E-state index is -1.12. The van der Waals surface area contributed by atoms with Gasteiger partial charge in [-0.2, -0.15) is 5.10 Å². The van der Waals surface area contributed by atoms with Crippen LogP contribution in [0.25, 0.3) is 0 Å². The van der Waals surface area contributed by atoms with Crippen molar-refractivity contribution in [1.29, 1.82) is 0 Å². The maximum atomic E-state index is 13.5. The zero-order valence-electron chi connectivity index (χ0n) is 23.9. The van der Waals surface area contributed by atoms with Gasteiger partial charge in [-0.1, -0.05) is 27.7 Å². The maximum absolute atomic E-state index is 13.5. The van der Waals surface area contributed by atoms with Crippen molar-refractivity contribution in [1.82, 2.24) is 10.3 Å². The van der Waals surface area contributed by atoms with Gasteiger partial charge in [0.05, 0.1) is 55.1 Å². The molecule has 1 amide bonds. The number of hydrogen-bond acceptors (Lipinski definition) is 7. The van der Waals surface area contributed by atoms with Gasteiger partial charge in [0.1, 0.15) is 0 Å². The minimum Gasteiger partial charge on any atom is -0.393 e. The third kappa shape index (κ3) is 3.73. The molecule has 3 saturated carbocycles. The molecule has 12 unspecified atom stereocenters. The number of amides is 1. The summed E-state index contributed by atoms with van der Waals surface area (Å²) in [6, 6.07) is 0.0267. The van der Waals surface area contributed by atoms with Gasteiger partial charge in [-0.25, -0.2) is 0 Å². The van der Waals surface area contributed by atoms with E-state index in [2.05, 4.69) is 44.9 Å². The van der Waals surface area contributed by atoms with Crippen LogP contribution in [0.4, 0.5) is 0 Å². The highest BCUT2D eigenvalue weighted by Crippen LogP contribution is 2.68. The van der Waals surface area contributed by atoms with Gasteiger partial charge in [0.2, 0.25) is 5.91 Å². The normalized spacial score (nSPS) is 51.9. The van der Waals surface area contributed by atoms with E-state index in [9.17, 15) is 14.1 Å². The Labute approximate surface area is 230 Å². The first-order valence-corrected chi connectivity index (χ1v) is 16.4. The van der Waals surface area contributed by atoms with Crippen molar-refractivity contribution < 1.29 is 23.6 Å². The standard InChI is InChI=1S/C29H47N3O5S/c1-16-7-8-22-27(3,4)25(31-32-9-11-36-12-10-32)21(38(6)35)15-29(22)28(16,5)14-19-20(33)13-18-23(24(19)37-29)17(2)30-26(18)34/h16-24,33H,7-15H2,1-6H3,(H,30,34). The molecule has 3 aliphatic carbocycles. The molecule has 0 bridgehead atoms. The van der Waals surface area contributed by atoms with Gasteiger partial charge in [-0.15, -0.1) is 0 Å². The minimum absolute atomic E-state index is 0.0142. The first-order valence-electron chi connectivity index (χ1n) is 14.8. The summed E-state index contributed by atoms with van der Waals surface area (Å²) in [6.45, 7) is 14.3. The van der Waals surface area contributed by atoms with Crippen LogP contribution in [0, 0.1) is 40.4 Å². The summed E-state index contributed by atoms with van der Waals surface area (Å²) in [5.41, 5.74) is 0.0983. The predicted octanol–water partition coefficient (Wildman–Crippen LogP) is 2.56. The van der Waals surface area contributed by atoms with Crippen molar-refractivity contribution in [2.75, 3.05) is 32.6 Å². The number of hydrogen-bond donors (Lipinski definition) is 2. The van der Waals surface area contributed by atoms with Gasteiger partial charge >= 0.3 is 0 Å². The van der Waals surface area contributed by atoms with Gasteiger partial charge in [0.15, 0.2) is 0 Å². The van der Waals surface area contributed by atoms with Crippen LogP contribution in [-0.4, -0.2) is 87.6 Å². The van der Waals surface area contributed by atoms with Gasteiger partial charge < -0.3 is 19.9 Å². The number of carbonyl (C=O) groups excluding carboxylic acids is 1. The molecular formula is C29H47N3O5S. The lowest BCUT2D eigenvalue weighted by Crippen LogP contribution is -2.75. The van der Waals surface area contributed by atoms with Crippen molar-refractivity contribution >= 4 is 22.4 Å². The largest absolute Gasteiger partial charge is 0.393 e. The molecule has 9 heteroatoms. The Morgan fingerprint density at radius 2 is 1.84 bits per heavy atom. The molecule has 6 rings (SSSR count). The van der Waals surface area contributed by atoms with Crippen molar-refractivity contribution in [2.24, 2.45) is 45.5 Å². The van der Waals surface area contributed by atoms with E-state index < -0.39 is 22.5 Å². The average Bonchev–Trinajstić information content (AvgIpc) is 3.14. The van der Waals surface area contributed by atoms with E-state index in [1.54, 1.807) is 0 Å². The highest BCUT2D eigenvalue weighted by Gasteiger charge is 2.72. The smallest absolute Gasteiger partial charge is 0.223 e. The predicted molar refractivity (Wildman–Crippen MR) is 147 cm³/mol. The highest BCUT2D eigenvalue weighted by atomic mass is 32.2. The van der Waals surface area contributed by atoms with Crippen LogP contribution in [0.15, 0.2) is 5.10 Å². The molecule has 8 nitrogen and oxygen atoms in total. The maximum Gasteiger partial charge on any atom is 0.223 e. The summed E-state index contributed by atoms with van der Waals surface area (Å²) >= 11 is 0. The van der Waals surface area contributed by atoms with Crippen LogP contribution < -0.4 is 5.32 Å². The van der Waals surface area contributed by atoms with Gasteiger partial charge in [0, 0.05) is 46.3 Å². The molecule has 0 aromatic heterocycles. The fourth-order valence-corrected chi connectivity index (χ4v) is 10.9. The molecule has 3 heterocycles. The van der Waals surface area contributed by atoms with Crippen LogP contribution in [0.3, 0.4) is 0 Å². The van der Waals surface area contributed by atoms with Crippen LogP contribution in [0.5, 0.6) is 0 Å². The van der Waals surface area contributed by atoms with Crippen molar-refractivity contribution in [2.45, 2.75) is 95.8 Å². The van der Waals surface area contributed by atoms with Crippen LogP contribution >= 0.6 is 0 Å². The van der Waals surface area contributed by atoms with Crippen molar-refractivity contribution in [3.8, 4) is 0 Å². The van der Waals surface area contributed by atoms with E-state index in [0.29, 0.717) is 32.0 Å². The molecule has 6 aliphatic rings. The lowest BCUT2D eigenvalue weighted by molar-refractivity contribution is -0.319. The molecule has 214 valence electrons. The lowest BCUT2D eigenvalue weighted by Gasteiger charge is -2.70. The SMILES string of the molecule is CC1NC(=O)C2CC(O)C3CC4(C)C(C)CCC5C(C)(C)C(=NN6CCOCC6)C(S(C)=O)CC54OC3C12. The summed E-state index contributed by atoms with van der Waals surface area (Å²) in [4.78, 5) is 12.8. The number of ether oxygens (including phenoxy) is 2. The average molecular weight is 550 g/mol. The van der Waals surface area contributed by atoms with E-state index >= 15 is 0 Å². The molecule has 38 heavy (non-hydrogen) atoms. The molecule has 3 aliphatic heterocycles. The molecule has 0 aromatic rings. The summed E-state index contributed by atoms with van der Waals surface area (Å²) in [6.07, 6.45) is 5.34. The zero-order valence-corrected chi connectivity index (χ0v) is 24.8. The highest BCUT2D eigenvalue weighted by molar-refractivity contribution is 7.85. The first-order chi connectivity index (χ1) is 17.9. The Balaban J connectivity index is 1.46. The van der Waals surface area contributed by atoms with Crippen molar-refractivity contribution in [3.05, 3.63) is 0 Å². The Morgan fingerprint density at radius 3 is 2.53 bits per heavy atom. The first kappa shape index (κ1) is 27.2. The molecule has 12 atom stereocenters.